The van der Waals surface area contributed by atoms with Crippen molar-refractivity contribution in [3.05, 3.63) is 23.4 Å². The highest BCUT2D eigenvalue weighted by Gasteiger charge is 2.03. The van der Waals surface area contributed by atoms with Gasteiger partial charge in [-0.2, -0.15) is 0 Å². The van der Waals surface area contributed by atoms with E-state index in [9.17, 15) is 0 Å². The summed E-state index contributed by atoms with van der Waals surface area (Å²) in [5.41, 5.74) is 5.77. The van der Waals surface area contributed by atoms with E-state index in [4.69, 9.17) is 22.1 Å². The second-order valence-corrected chi connectivity index (χ2v) is 3.67. The number of aromatic nitrogens is 1. The zero-order chi connectivity index (χ0) is 11.1. The molecule has 0 spiro atoms. The summed E-state index contributed by atoms with van der Waals surface area (Å²) in [4.78, 5) is 4.11. The first-order chi connectivity index (χ1) is 7.24. The number of rotatable bonds is 6. The Labute approximate surface area is 94.8 Å². The molecular formula is C10H16ClN3O. The molecule has 0 aliphatic heterocycles. The first-order valence-corrected chi connectivity index (χ1v) is 5.20. The minimum Gasteiger partial charge on any atom is -0.383 e. The molecule has 1 unspecified atom stereocenters. The Bertz CT molecular complexity index is 296. The highest BCUT2D eigenvalue weighted by Crippen LogP contribution is 2.16. The van der Waals surface area contributed by atoms with Gasteiger partial charge in [0.2, 0.25) is 0 Å². The zero-order valence-electron chi connectivity index (χ0n) is 8.74. The third kappa shape index (κ3) is 4.46. The van der Waals surface area contributed by atoms with Gasteiger partial charge in [-0.05, 0) is 18.6 Å². The SMILES string of the molecule is COCC(N)CCNc1ncccc1Cl. The summed E-state index contributed by atoms with van der Waals surface area (Å²) in [7, 11) is 1.64. The number of hydrogen-bond donors (Lipinski definition) is 2. The van der Waals surface area contributed by atoms with Gasteiger partial charge in [0.15, 0.2) is 0 Å². The van der Waals surface area contributed by atoms with Crippen molar-refractivity contribution < 1.29 is 4.74 Å². The maximum atomic E-state index is 5.92. The number of hydrogen-bond acceptors (Lipinski definition) is 4. The molecule has 3 N–H and O–H groups in total. The minimum atomic E-state index is 0.0463. The third-order valence-corrected chi connectivity index (χ3v) is 2.25. The van der Waals surface area contributed by atoms with Gasteiger partial charge in [-0.25, -0.2) is 4.98 Å². The average molecular weight is 230 g/mol. The van der Waals surface area contributed by atoms with Gasteiger partial charge >= 0.3 is 0 Å². The number of halogens is 1. The molecule has 1 rings (SSSR count). The van der Waals surface area contributed by atoms with Crippen molar-refractivity contribution in [2.24, 2.45) is 5.73 Å². The molecule has 0 aliphatic rings. The first-order valence-electron chi connectivity index (χ1n) is 4.83. The van der Waals surface area contributed by atoms with Crippen LogP contribution in [0.15, 0.2) is 18.3 Å². The normalized spacial score (nSPS) is 12.5. The van der Waals surface area contributed by atoms with Crippen LogP contribution in [0.5, 0.6) is 0 Å². The lowest BCUT2D eigenvalue weighted by Crippen LogP contribution is -2.28. The van der Waals surface area contributed by atoms with E-state index in [-0.39, 0.29) is 6.04 Å². The minimum absolute atomic E-state index is 0.0463. The molecule has 4 nitrogen and oxygen atoms in total. The van der Waals surface area contributed by atoms with Crippen LogP contribution in [-0.2, 0) is 4.74 Å². The Morgan fingerprint density at radius 1 is 1.67 bits per heavy atom. The summed E-state index contributed by atoms with van der Waals surface area (Å²) < 4.78 is 4.94. The molecule has 1 aromatic rings. The largest absolute Gasteiger partial charge is 0.383 e. The van der Waals surface area contributed by atoms with E-state index >= 15 is 0 Å². The predicted molar refractivity (Wildman–Crippen MR) is 62.2 cm³/mol. The lowest BCUT2D eigenvalue weighted by Gasteiger charge is -2.11. The summed E-state index contributed by atoms with van der Waals surface area (Å²) in [6.45, 7) is 1.30. The lowest BCUT2D eigenvalue weighted by atomic mass is 10.2. The predicted octanol–water partition coefficient (Wildman–Crippen LogP) is 1.51. The van der Waals surface area contributed by atoms with Crippen molar-refractivity contribution >= 4 is 17.4 Å². The molecule has 5 heteroatoms. The Morgan fingerprint density at radius 3 is 3.13 bits per heavy atom. The van der Waals surface area contributed by atoms with Crippen LogP contribution < -0.4 is 11.1 Å². The molecule has 0 bridgehead atoms. The van der Waals surface area contributed by atoms with Gasteiger partial charge in [-0.3, -0.25) is 0 Å². The summed E-state index contributed by atoms with van der Waals surface area (Å²) >= 11 is 5.92. The van der Waals surface area contributed by atoms with Crippen molar-refractivity contribution in [3.63, 3.8) is 0 Å². The summed E-state index contributed by atoms with van der Waals surface area (Å²) in [6, 6.07) is 3.64. The van der Waals surface area contributed by atoms with E-state index in [0.29, 0.717) is 17.4 Å². The molecular weight excluding hydrogens is 214 g/mol. The van der Waals surface area contributed by atoms with E-state index in [1.54, 1.807) is 25.4 Å². The Morgan fingerprint density at radius 2 is 2.47 bits per heavy atom. The number of anilines is 1. The number of nitrogens with two attached hydrogens (primary N) is 1. The van der Waals surface area contributed by atoms with Crippen LogP contribution in [0.2, 0.25) is 5.02 Å². The van der Waals surface area contributed by atoms with Gasteiger partial charge in [0.05, 0.1) is 11.6 Å². The second kappa shape index (κ2) is 6.61. The van der Waals surface area contributed by atoms with Gasteiger partial charge in [0.1, 0.15) is 5.82 Å². The number of nitrogens with one attached hydrogen (secondary N) is 1. The quantitative estimate of drug-likeness (QED) is 0.777. The van der Waals surface area contributed by atoms with Gasteiger partial charge in [0.25, 0.3) is 0 Å². The molecule has 15 heavy (non-hydrogen) atoms. The van der Waals surface area contributed by atoms with E-state index < -0.39 is 0 Å². The molecule has 0 aromatic carbocycles. The van der Waals surface area contributed by atoms with Crippen LogP contribution in [0.3, 0.4) is 0 Å². The van der Waals surface area contributed by atoms with Gasteiger partial charge in [-0.15, -0.1) is 0 Å². The molecule has 0 saturated heterocycles. The maximum Gasteiger partial charge on any atom is 0.144 e. The monoisotopic (exact) mass is 229 g/mol. The maximum absolute atomic E-state index is 5.92. The van der Waals surface area contributed by atoms with Crippen LogP contribution in [0.25, 0.3) is 0 Å². The van der Waals surface area contributed by atoms with Crippen LogP contribution in [-0.4, -0.2) is 31.3 Å². The molecule has 0 aliphatic carbocycles. The van der Waals surface area contributed by atoms with Crippen LogP contribution in [0.4, 0.5) is 5.82 Å². The Hall–Kier alpha value is -0.840. The average Bonchev–Trinajstić information content (AvgIpc) is 2.21. The molecule has 1 atom stereocenters. The fourth-order valence-corrected chi connectivity index (χ4v) is 1.38. The highest BCUT2D eigenvalue weighted by atomic mass is 35.5. The third-order valence-electron chi connectivity index (χ3n) is 1.95. The lowest BCUT2D eigenvalue weighted by molar-refractivity contribution is 0.178. The van der Waals surface area contributed by atoms with Crippen LogP contribution in [0, 0.1) is 0 Å². The number of pyridine rings is 1. The smallest absolute Gasteiger partial charge is 0.144 e. The standard InChI is InChI=1S/C10H16ClN3O/c1-15-7-8(12)4-6-14-10-9(11)3-2-5-13-10/h2-3,5,8H,4,6-7,12H2,1H3,(H,13,14). The van der Waals surface area contributed by atoms with E-state index in [1.165, 1.54) is 0 Å². The van der Waals surface area contributed by atoms with E-state index in [0.717, 1.165) is 13.0 Å². The van der Waals surface area contributed by atoms with E-state index in [2.05, 4.69) is 10.3 Å². The molecule has 0 amide bonds. The molecule has 1 aromatic heterocycles. The fraction of sp³-hybridized carbons (Fsp3) is 0.500. The topological polar surface area (TPSA) is 60.2 Å². The molecule has 1 heterocycles. The van der Waals surface area contributed by atoms with Gasteiger partial charge in [-0.1, -0.05) is 11.6 Å². The second-order valence-electron chi connectivity index (χ2n) is 3.26. The molecule has 0 saturated carbocycles. The molecule has 0 radical (unpaired) electrons. The summed E-state index contributed by atoms with van der Waals surface area (Å²) in [5, 5.41) is 3.75. The zero-order valence-corrected chi connectivity index (χ0v) is 9.50. The highest BCUT2D eigenvalue weighted by molar-refractivity contribution is 6.32. The molecule has 84 valence electrons. The van der Waals surface area contributed by atoms with E-state index in [1.807, 2.05) is 0 Å². The van der Waals surface area contributed by atoms with Gasteiger partial charge in [0, 0.05) is 25.9 Å². The van der Waals surface area contributed by atoms with Crippen molar-refractivity contribution in [1.29, 1.82) is 0 Å². The Kier molecular flexibility index (Phi) is 5.39. The van der Waals surface area contributed by atoms with Crippen LogP contribution >= 0.6 is 11.6 Å². The van der Waals surface area contributed by atoms with Crippen molar-refractivity contribution in [2.45, 2.75) is 12.5 Å². The van der Waals surface area contributed by atoms with Crippen molar-refractivity contribution in [2.75, 3.05) is 25.6 Å². The van der Waals surface area contributed by atoms with Gasteiger partial charge < -0.3 is 15.8 Å². The number of nitrogens with zero attached hydrogens (tertiary/aromatic N) is 1. The van der Waals surface area contributed by atoms with Crippen molar-refractivity contribution in [3.8, 4) is 0 Å². The number of methoxy groups -OCH3 is 1. The Balaban J connectivity index is 2.29. The van der Waals surface area contributed by atoms with Crippen LogP contribution in [0.1, 0.15) is 6.42 Å². The molecule has 0 fully saturated rings. The van der Waals surface area contributed by atoms with Crippen molar-refractivity contribution in [1.82, 2.24) is 4.98 Å². The summed E-state index contributed by atoms with van der Waals surface area (Å²) in [6.07, 6.45) is 2.52. The first kappa shape index (κ1) is 12.2. The fourth-order valence-electron chi connectivity index (χ4n) is 1.19. The number of ether oxygens (including phenoxy) is 1. The summed E-state index contributed by atoms with van der Waals surface area (Å²) in [5.74, 6) is 0.698.